The Labute approximate surface area is 59.8 Å². The predicted molar refractivity (Wildman–Crippen MR) is 37.9 cm³/mol. The van der Waals surface area contributed by atoms with Crippen LogP contribution in [0.15, 0.2) is 5.57 Å². The van der Waals surface area contributed by atoms with Crippen molar-refractivity contribution in [2.75, 3.05) is 13.2 Å². The van der Waals surface area contributed by atoms with Crippen molar-refractivity contribution in [3.05, 3.63) is 5.57 Å². The molecule has 0 aromatic heterocycles. The average molecular weight is 144 g/mol. The van der Waals surface area contributed by atoms with Crippen LogP contribution in [0.1, 0.15) is 6.92 Å². The van der Waals surface area contributed by atoms with Gasteiger partial charge in [-0.05, 0) is 6.92 Å². The maximum Gasteiger partial charge on any atom is 0.139 e. The fourth-order valence-electron chi connectivity index (χ4n) is 0.496. The van der Waals surface area contributed by atoms with E-state index in [2.05, 4.69) is 0 Å². The van der Waals surface area contributed by atoms with Crippen LogP contribution in [-0.2, 0) is 9.53 Å². The Morgan fingerprint density at radius 3 is 2.70 bits per heavy atom. The zero-order valence-corrected chi connectivity index (χ0v) is 5.96. The number of rotatable bonds is 4. The second-order valence-electron chi connectivity index (χ2n) is 1.71. The van der Waals surface area contributed by atoms with Crippen LogP contribution in [0.2, 0.25) is 0 Å². The summed E-state index contributed by atoms with van der Waals surface area (Å²) < 4.78 is 4.88. The summed E-state index contributed by atoms with van der Waals surface area (Å²) in [7, 11) is 0. The molecule has 0 aliphatic carbocycles. The molecule has 4 heteroatoms. The molecule has 58 valence electrons. The van der Waals surface area contributed by atoms with Crippen LogP contribution >= 0.6 is 0 Å². The molecule has 10 heavy (non-hydrogen) atoms. The van der Waals surface area contributed by atoms with Gasteiger partial charge in [-0.15, -0.1) is 0 Å². The van der Waals surface area contributed by atoms with E-state index >= 15 is 0 Å². The van der Waals surface area contributed by atoms with Crippen molar-refractivity contribution >= 4 is 5.94 Å². The minimum Gasteiger partial charge on any atom is -0.359 e. The first-order valence-electron chi connectivity index (χ1n) is 3.07. The minimum atomic E-state index is -0.688. The highest BCUT2D eigenvalue weighted by molar-refractivity contribution is 5.54. The van der Waals surface area contributed by atoms with Crippen molar-refractivity contribution in [1.29, 1.82) is 0 Å². The molecule has 0 saturated carbocycles. The Balaban J connectivity index is 3.90. The molecule has 0 aliphatic heterocycles. The summed E-state index contributed by atoms with van der Waals surface area (Å²) in [5.41, 5.74) is 10.8. The third-order valence-electron chi connectivity index (χ3n) is 1.04. The summed E-state index contributed by atoms with van der Waals surface area (Å²) in [6, 6.07) is 0. The van der Waals surface area contributed by atoms with Gasteiger partial charge in [0.1, 0.15) is 12.2 Å². The van der Waals surface area contributed by atoms with Gasteiger partial charge in [-0.3, -0.25) is 0 Å². The molecule has 0 amide bonds. The molecule has 0 heterocycles. The van der Waals surface area contributed by atoms with Crippen LogP contribution < -0.4 is 11.5 Å². The first-order chi connectivity index (χ1) is 4.76. The van der Waals surface area contributed by atoms with Gasteiger partial charge < -0.3 is 16.2 Å². The number of ether oxygens (including phenoxy) is 1. The van der Waals surface area contributed by atoms with Crippen LogP contribution in [0.5, 0.6) is 0 Å². The Kier molecular flexibility index (Phi) is 4.80. The van der Waals surface area contributed by atoms with Crippen molar-refractivity contribution in [3.63, 3.8) is 0 Å². The molecule has 0 aliphatic rings. The van der Waals surface area contributed by atoms with Gasteiger partial charge in [0.25, 0.3) is 0 Å². The quantitative estimate of drug-likeness (QED) is 0.393. The Morgan fingerprint density at radius 1 is 1.80 bits per heavy atom. The molecule has 4 N–H and O–H groups in total. The molecule has 0 spiro atoms. The normalized spacial score (nSPS) is 12.3. The number of hydrogen-bond acceptors (Lipinski definition) is 4. The van der Waals surface area contributed by atoms with E-state index in [1.165, 1.54) is 0 Å². The van der Waals surface area contributed by atoms with Crippen molar-refractivity contribution in [3.8, 4) is 0 Å². The second kappa shape index (κ2) is 5.14. The number of carbonyl (C=O) groups excluding carboxylic acids is 1. The van der Waals surface area contributed by atoms with Crippen molar-refractivity contribution in [2.45, 2.75) is 13.2 Å². The molecule has 1 atom stereocenters. The van der Waals surface area contributed by atoms with E-state index in [1.54, 1.807) is 12.9 Å². The maximum absolute atomic E-state index is 10.1. The zero-order valence-electron chi connectivity index (χ0n) is 5.96. The Morgan fingerprint density at radius 2 is 2.40 bits per heavy atom. The van der Waals surface area contributed by atoms with Gasteiger partial charge in [-0.25, -0.2) is 4.79 Å². The summed E-state index contributed by atoms with van der Waals surface area (Å²) in [5.74, 6) is 1.63. The van der Waals surface area contributed by atoms with Crippen LogP contribution in [0.3, 0.4) is 0 Å². The topological polar surface area (TPSA) is 78.3 Å². The first-order valence-corrected chi connectivity index (χ1v) is 3.07. The van der Waals surface area contributed by atoms with E-state index in [0.717, 1.165) is 0 Å². The highest BCUT2D eigenvalue weighted by atomic mass is 16.5. The molecule has 1 unspecified atom stereocenters. The molecular weight excluding hydrogens is 132 g/mol. The molecule has 0 rings (SSSR count). The zero-order chi connectivity index (χ0) is 7.98. The Hall–Kier alpha value is -0.670. The average Bonchev–Trinajstić information content (AvgIpc) is 1.91. The lowest BCUT2D eigenvalue weighted by molar-refractivity contribution is 0.0930. The summed E-state index contributed by atoms with van der Waals surface area (Å²) in [4.78, 5) is 10.1. The van der Waals surface area contributed by atoms with Crippen LogP contribution in [0, 0.1) is 0 Å². The standard InChI is InChI=1S/C6H12N2O2/c1-2-10-6(8)5(3-7)4-9/h6H,2-3,7-8H2,1H3. The fraction of sp³-hybridized carbons (Fsp3) is 0.667. The van der Waals surface area contributed by atoms with Gasteiger partial charge in [-0.2, -0.15) is 0 Å². The van der Waals surface area contributed by atoms with E-state index in [1.807, 2.05) is 0 Å². The summed E-state index contributed by atoms with van der Waals surface area (Å²) >= 11 is 0. The van der Waals surface area contributed by atoms with E-state index in [0.29, 0.717) is 6.61 Å². The monoisotopic (exact) mass is 144 g/mol. The third-order valence-corrected chi connectivity index (χ3v) is 1.04. The lowest BCUT2D eigenvalue weighted by Gasteiger charge is -2.09. The molecule has 0 fully saturated rings. The highest BCUT2D eigenvalue weighted by Crippen LogP contribution is 1.93. The van der Waals surface area contributed by atoms with Gasteiger partial charge in [0.05, 0.1) is 5.57 Å². The van der Waals surface area contributed by atoms with E-state index < -0.39 is 6.23 Å². The summed E-state index contributed by atoms with van der Waals surface area (Å²) in [5, 5.41) is 0. The van der Waals surface area contributed by atoms with Gasteiger partial charge >= 0.3 is 0 Å². The SMILES string of the molecule is CCOC(N)C(=C=O)CN. The third kappa shape index (κ3) is 2.75. The molecule has 0 saturated heterocycles. The smallest absolute Gasteiger partial charge is 0.139 e. The lowest BCUT2D eigenvalue weighted by Crippen LogP contribution is -2.30. The van der Waals surface area contributed by atoms with E-state index in [4.69, 9.17) is 16.2 Å². The molecule has 4 nitrogen and oxygen atoms in total. The summed E-state index contributed by atoms with van der Waals surface area (Å²) in [6.07, 6.45) is -0.688. The van der Waals surface area contributed by atoms with Gasteiger partial charge in [0, 0.05) is 13.2 Å². The molecular formula is C6H12N2O2. The molecule has 0 aromatic carbocycles. The van der Waals surface area contributed by atoms with Crippen molar-refractivity contribution < 1.29 is 9.53 Å². The first kappa shape index (κ1) is 9.33. The largest absolute Gasteiger partial charge is 0.359 e. The maximum atomic E-state index is 10.1. The van der Waals surface area contributed by atoms with Crippen LogP contribution in [0.4, 0.5) is 0 Å². The highest BCUT2D eigenvalue weighted by Gasteiger charge is 2.06. The van der Waals surface area contributed by atoms with Crippen molar-refractivity contribution in [1.82, 2.24) is 0 Å². The molecule has 0 aromatic rings. The number of hydrogen-bond donors (Lipinski definition) is 2. The second-order valence-corrected chi connectivity index (χ2v) is 1.71. The van der Waals surface area contributed by atoms with Gasteiger partial charge in [0.15, 0.2) is 0 Å². The number of nitrogens with two attached hydrogens (primary N) is 2. The van der Waals surface area contributed by atoms with Crippen LogP contribution in [-0.4, -0.2) is 25.3 Å². The Bertz CT molecular complexity index is 141. The van der Waals surface area contributed by atoms with E-state index in [-0.39, 0.29) is 12.1 Å². The lowest BCUT2D eigenvalue weighted by atomic mass is 10.3. The minimum absolute atomic E-state index is 0.102. The molecule has 0 bridgehead atoms. The molecule has 0 radical (unpaired) electrons. The van der Waals surface area contributed by atoms with Gasteiger partial charge in [-0.1, -0.05) is 0 Å². The summed E-state index contributed by atoms with van der Waals surface area (Å²) in [6.45, 7) is 2.36. The fourth-order valence-corrected chi connectivity index (χ4v) is 0.496. The van der Waals surface area contributed by atoms with Gasteiger partial charge in [0.2, 0.25) is 0 Å². The van der Waals surface area contributed by atoms with Crippen molar-refractivity contribution in [2.24, 2.45) is 11.5 Å². The van der Waals surface area contributed by atoms with E-state index in [9.17, 15) is 4.79 Å². The predicted octanol–water partition coefficient (Wildman–Crippen LogP) is -0.976. The van der Waals surface area contributed by atoms with Crippen LogP contribution in [0.25, 0.3) is 0 Å².